The number of halogens is 1. The average Bonchev–Trinajstić information content (AvgIpc) is 2.55. The monoisotopic (exact) mass is 360 g/mol. The van der Waals surface area contributed by atoms with Crippen LogP contribution in [0.5, 0.6) is 5.75 Å². The van der Waals surface area contributed by atoms with Crippen LogP contribution in [-0.4, -0.2) is 19.0 Å². The van der Waals surface area contributed by atoms with Gasteiger partial charge in [-0.2, -0.15) is 0 Å². The van der Waals surface area contributed by atoms with Crippen LogP contribution in [0.25, 0.3) is 6.08 Å². The van der Waals surface area contributed by atoms with Crippen molar-refractivity contribution in [3.8, 4) is 5.75 Å². The standard InChI is InChI=1S/C17H13BrO4/c1-21-17(20)13-8-9-15(14(18)11-13)22-16(19)10-7-12-5-3-2-4-6-12/h2-11H,1H3/b10-7+. The Morgan fingerprint density at radius 2 is 1.82 bits per heavy atom. The molecular weight excluding hydrogens is 348 g/mol. The van der Waals surface area contributed by atoms with Gasteiger partial charge < -0.3 is 9.47 Å². The fourth-order valence-corrected chi connectivity index (χ4v) is 2.16. The van der Waals surface area contributed by atoms with E-state index in [9.17, 15) is 9.59 Å². The Labute approximate surface area is 136 Å². The lowest BCUT2D eigenvalue weighted by Crippen LogP contribution is -2.06. The Morgan fingerprint density at radius 1 is 1.09 bits per heavy atom. The van der Waals surface area contributed by atoms with Crippen LogP contribution in [0.3, 0.4) is 0 Å². The number of rotatable bonds is 4. The molecule has 0 aliphatic rings. The van der Waals surface area contributed by atoms with E-state index in [0.29, 0.717) is 15.8 Å². The van der Waals surface area contributed by atoms with Gasteiger partial charge >= 0.3 is 11.9 Å². The van der Waals surface area contributed by atoms with E-state index in [1.54, 1.807) is 6.08 Å². The van der Waals surface area contributed by atoms with Crippen LogP contribution >= 0.6 is 15.9 Å². The second kappa shape index (κ2) is 7.56. The van der Waals surface area contributed by atoms with Crippen molar-refractivity contribution in [3.63, 3.8) is 0 Å². The predicted molar refractivity (Wildman–Crippen MR) is 86.6 cm³/mol. The minimum absolute atomic E-state index is 0.329. The lowest BCUT2D eigenvalue weighted by atomic mass is 10.2. The third-order valence-electron chi connectivity index (χ3n) is 2.77. The number of carbonyl (C=O) groups excluding carboxylic acids is 2. The molecule has 0 N–H and O–H groups in total. The molecular formula is C17H13BrO4. The topological polar surface area (TPSA) is 52.6 Å². The van der Waals surface area contributed by atoms with Crippen molar-refractivity contribution in [2.45, 2.75) is 0 Å². The molecule has 0 unspecified atom stereocenters. The van der Waals surface area contributed by atoms with Crippen LogP contribution in [0.15, 0.2) is 59.1 Å². The molecule has 0 atom stereocenters. The number of hydrogen-bond donors (Lipinski definition) is 0. The zero-order valence-corrected chi connectivity index (χ0v) is 13.4. The van der Waals surface area contributed by atoms with Crippen molar-refractivity contribution >= 4 is 33.9 Å². The molecule has 0 aromatic heterocycles. The molecule has 2 aromatic carbocycles. The lowest BCUT2D eigenvalue weighted by Gasteiger charge is -2.06. The van der Waals surface area contributed by atoms with Crippen LogP contribution in [0, 0.1) is 0 Å². The SMILES string of the molecule is COC(=O)c1ccc(OC(=O)/C=C/c2ccccc2)c(Br)c1. The molecule has 0 radical (unpaired) electrons. The Bertz CT molecular complexity index is 708. The molecule has 0 heterocycles. The third-order valence-corrected chi connectivity index (χ3v) is 3.39. The summed E-state index contributed by atoms with van der Waals surface area (Å²) in [6.07, 6.45) is 3.01. The molecule has 0 amide bonds. The van der Waals surface area contributed by atoms with E-state index in [2.05, 4.69) is 20.7 Å². The van der Waals surface area contributed by atoms with Gasteiger partial charge in [-0.25, -0.2) is 9.59 Å². The highest BCUT2D eigenvalue weighted by Gasteiger charge is 2.10. The van der Waals surface area contributed by atoms with E-state index in [0.717, 1.165) is 5.56 Å². The van der Waals surface area contributed by atoms with Gasteiger partial charge in [0.05, 0.1) is 17.1 Å². The van der Waals surface area contributed by atoms with Gasteiger partial charge in [-0.05, 0) is 45.8 Å². The first-order valence-electron chi connectivity index (χ1n) is 6.43. The zero-order valence-electron chi connectivity index (χ0n) is 11.8. The van der Waals surface area contributed by atoms with Gasteiger partial charge in [-0.3, -0.25) is 0 Å². The van der Waals surface area contributed by atoms with Gasteiger partial charge in [-0.15, -0.1) is 0 Å². The first-order chi connectivity index (χ1) is 10.6. The van der Waals surface area contributed by atoms with Crippen LogP contribution in [0.4, 0.5) is 0 Å². The highest BCUT2D eigenvalue weighted by Crippen LogP contribution is 2.26. The van der Waals surface area contributed by atoms with Crippen molar-refractivity contribution in [2.24, 2.45) is 0 Å². The zero-order chi connectivity index (χ0) is 15.9. The summed E-state index contributed by atoms with van der Waals surface area (Å²) >= 11 is 3.26. The molecule has 0 aliphatic carbocycles. The third kappa shape index (κ3) is 4.30. The highest BCUT2D eigenvalue weighted by atomic mass is 79.9. The molecule has 0 saturated carbocycles. The van der Waals surface area contributed by atoms with Crippen molar-refractivity contribution in [2.75, 3.05) is 7.11 Å². The summed E-state index contributed by atoms with van der Waals surface area (Å²) in [5.74, 6) is -0.631. The Balaban J connectivity index is 2.06. The molecule has 0 fully saturated rings. The Kier molecular flexibility index (Phi) is 5.49. The van der Waals surface area contributed by atoms with E-state index in [4.69, 9.17) is 4.74 Å². The molecule has 0 bridgehead atoms. The number of esters is 2. The number of hydrogen-bond acceptors (Lipinski definition) is 4. The molecule has 4 nitrogen and oxygen atoms in total. The first-order valence-corrected chi connectivity index (χ1v) is 7.22. The van der Waals surface area contributed by atoms with E-state index >= 15 is 0 Å². The number of methoxy groups -OCH3 is 1. The quantitative estimate of drug-likeness (QED) is 0.472. The number of benzene rings is 2. The van der Waals surface area contributed by atoms with Crippen LogP contribution in [0.1, 0.15) is 15.9 Å². The highest BCUT2D eigenvalue weighted by molar-refractivity contribution is 9.10. The molecule has 0 saturated heterocycles. The summed E-state index contributed by atoms with van der Waals surface area (Å²) in [7, 11) is 1.30. The van der Waals surface area contributed by atoms with Crippen molar-refractivity contribution in [3.05, 3.63) is 70.2 Å². The number of carbonyl (C=O) groups is 2. The molecule has 5 heteroatoms. The minimum Gasteiger partial charge on any atom is -0.465 e. The summed E-state index contributed by atoms with van der Waals surface area (Å²) in [4.78, 5) is 23.2. The fourth-order valence-electron chi connectivity index (χ4n) is 1.70. The summed E-state index contributed by atoms with van der Waals surface area (Å²) in [6.45, 7) is 0. The van der Waals surface area contributed by atoms with E-state index in [-0.39, 0.29) is 0 Å². The van der Waals surface area contributed by atoms with E-state index < -0.39 is 11.9 Å². The molecule has 22 heavy (non-hydrogen) atoms. The van der Waals surface area contributed by atoms with Gasteiger partial charge in [0.15, 0.2) is 0 Å². The summed E-state index contributed by atoms with van der Waals surface area (Å²) < 4.78 is 10.3. The normalized spacial score (nSPS) is 10.5. The van der Waals surface area contributed by atoms with Gasteiger partial charge in [0.2, 0.25) is 0 Å². The summed E-state index contributed by atoms with van der Waals surface area (Å²) in [5.41, 5.74) is 1.27. The smallest absolute Gasteiger partial charge is 0.337 e. The van der Waals surface area contributed by atoms with Gasteiger partial charge in [0.25, 0.3) is 0 Å². The Morgan fingerprint density at radius 3 is 2.45 bits per heavy atom. The first kappa shape index (κ1) is 16.0. The Hall–Kier alpha value is -2.40. The van der Waals surface area contributed by atoms with Crippen LogP contribution in [-0.2, 0) is 9.53 Å². The molecule has 112 valence electrons. The second-order valence-corrected chi connectivity index (χ2v) is 5.16. The molecule has 0 spiro atoms. The van der Waals surface area contributed by atoms with Gasteiger partial charge in [-0.1, -0.05) is 30.3 Å². The van der Waals surface area contributed by atoms with Crippen molar-refractivity contribution in [1.82, 2.24) is 0 Å². The molecule has 2 rings (SSSR count). The van der Waals surface area contributed by atoms with Crippen molar-refractivity contribution < 1.29 is 19.1 Å². The number of ether oxygens (including phenoxy) is 2. The summed E-state index contributed by atoms with van der Waals surface area (Å²) in [6, 6.07) is 14.0. The minimum atomic E-state index is -0.504. The van der Waals surface area contributed by atoms with E-state index in [1.807, 2.05) is 30.3 Å². The fraction of sp³-hybridized carbons (Fsp3) is 0.0588. The molecule has 0 aliphatic heterocycles. The maximum absolute atomic E-state index is 11.8. The maximum Gasteiger partial charge on any atom is 0.337 e. The summed E-state index contributed by atoms with van der Waals surface area (Å²) in [5, 5.41) is 0. The lowest BCUT2D eigenvalue weighted by molar-refractivity contribution is -0.128. The second-order valence-electron chi connectivity index (χ2n) is 4.30. The van der Waals surface area contributed by atoms with Gasteiger partial charge in [0.1, 0.15) is 5.75 Å². The van der Waals surface area contributed by atoms with Crippen LogP contribution in [0.2, 0.25) is 0 Å². The van der Waals surface area contributed by atoms with Crippen LogP contribution < -0.4 is 4.74 Å². The molecule has 2 aromatic rings. The van der Waals surface area contributed by atoms with Crippen molar-refractivity contribution in [1.29, 1.82) is 0 Å². The predicted octanol–water partition coefficient (Wildman–Crippen LogP) is 3.85. The van der Waals surface area contributed by atoms with Gasteiger partial charge in [0, 0.05) is 6.08 Å². The maximum atomic E-state index is 11.8. The van der Waals surface area contributed by atoms with E-state index in [1.165, 1.54) is 31.4 Å². The largest absolute Gasteiger partial charge is 0.465 e. The average molecular weight is 361 g/mol.